The Labute approximate surface area is 173 Å². The molecule has 28 heavy (non-hydrogen) atoms. The quantitative estimate of drug-likeness (QED) is 0.663. The normalized spacial score (nSPS) is 12.6. The van der Waals surface area contributed by atoms with Crippen LogP contribution in [0.2, 0.25) is 10.0 Å². The number of benzene rings is 2. The Balaban J connectivity index is 2.07. The number of methoxy groups -OCH3 is 2. The first-order valence-corrected chi connectivity index (χ1v) is 9.21. The van der Waals surface area contributed by atoms with Gasteiger partial charge in [-0.05, 0) is 43.7 Å². The van der Waals surface area contributed by atoms with E-state index in [1.165, 1.54) is 27.2 Å². The van der Waals surface area contributed by atoms with Crippen molar-refractivity contribution in [2.75, 3.05) is 14.2 Å². The highest BCUT2D eigenvalue weighted by molar-refractivity contribution is 6.35. The standard InChI is InChI=1S/C20H21Cl2NO5/c1-11(14-9-8-13(21)10-16(14)22)23-19(24)12(2)28-20(25)15-6-5-7-17(26-3)18(15)27-4/h5-12H,1-4H3,(H,23,24). The first-order chi connectivity index (χ1) is 13.3. The Morgan fingerprint density at radius 1 is 1.04 bits per heavy atom. The summed E-state index contributed by atoms with van der Waals surface area (Å²) in [5, 5.41) is 3.70. The molecule has 0 aliphatic rings. The Morgan fingerprint density at radius 3 is 2.36 bits per heavy atom. The lowest BCUT2D eigenvalue weighted by Gasteiger charge is -2.20. The summed E-state index contributed by atoms with van der Waals surface area (Å²) >= 11 is 12.1. The second-order valence-electron chi connectivity index (χ2n) is 5.98. The largest absolute Gasteiger partial charge is 0.493 e. The lowest BCUT2D eigenvalue weighted by Crippen LogP contribution is -2.37. The molecule has 2 atom stereocenters. The van der Waals surface area contributed by atoms with Crippen LogP contribution in [0.5, 0.6) is 11.5 Å². The van der Waals surface area contributed by atoms with E-state index in [4.69, 9.17) is 37.4 Å². The van der Waals surface area contributed by atoms with Crippen molar-refractivity contribution < 1.29 is 23.8 Å². The molecule has 8 heteroatoms. The SMILES string of the molecule is COc1cccc(C(=O)OC(C)C(=O)NC(C)c2ccc(Cl)cc2Cl)c1OC. The van der Waals surface area contributed by atoms with Gasteiger partial charge in [-0.3, -0.25) is 4.79 Å². The van der Waals surface area contributed by atoms with E-state index in [0.29, 0.717) is 21.4 Å². The zero-order valence-electron chi connectivity index (χ0n) is 15.9. The summed E-state index contributed by atoms with van der Waals surface area (Å²) in [4.78, 5) is 24.9. The summed E-state index contributed by atoms with van der Waals surface area (Å²) in [7, 11) is 2.88. The van der Waals surface area contributed by atoms with Crippen LogP contribution in [0, 0.1) is 0 Å². The van der Waals surface area contributed by atoms with Crippen molar-refractivity contribution in [3.8, 4) is 11.5 Å². The summed E-state index contributed by atoms with van der Waals surface area (Å²) in [6.07, 6.45) is -1.03. The fourth-order valence-corrected chi connectivity index (χ4v) is 3.16. The van der Waals surface area contributed by atoms with Gasteiger partial charge in [-0.1, -0.05) is 35.3 Å². The van der Waals surface area contributed by atoms with E-state index < -0.39 is 24.0 Å². The van der Waals surface area contributed by atoms with Crippen LogP contribution in [0.25, 0.3) is 0 Å². The average molecular weight is 426 g/mol. The molecule has 2 rings (SSSR count). The molecular formula is C20H21Cl2NO5. The van der Waals surface area contributed by atoms with Gasteiger partial charge >= 0.3 is 5.97 Å². The molecule has 0 radical (unpaired) electrons. The molecule has 1 amide bonds. The number of ether oxygens (including phenoxy) is 3. The topological polar surface area (TPSA) is 73.9 Å². The molecule has 0 saturated heterocycles. The van der Waals surface area contributed by atoms with Gasteiger partial charge in [-0.25, -0.2) is 4.79 Å². The molecule has 0 saturated carbocycles. The van der Waals surface area contributed by atoms with Crippen LogP contribution in [0.3, 0.4) is 0 Å². The third-order valence-corrected chi connectivity index (χ3v) is 4.63. The van der Waals surface area contributed by atoms with Crippen molar-refractivity contribution in [1.29, 1.82) is 0 Å². The molecule has 1 N–H and O–H groups in total. The molecule has 2 unspecified atom stereocenters. The zero-order chi connectivity index (χ0) is 20.8. The van der Waals surface area contributed by atoms with Crippen molar-refractivity contribution in [2.24, 2.45) is 0 Å². The molecule has 2 aromatic carbocycles. The Bertz CT molecular complexity index is 872. The van der Waals surface area contributed by atoms with Crippen LogP contribution < -0.4 is 14.8 Å². The number of carbonyl (C=O) groups is 2. The Hall–Kier alpha value is -2.44. The highest BCUT2D eigenvalue weighted by Crippen LogP contribution is 2.31. The first kappa shape index (κ1) is 21.9. The predicted molar refractivity (Wildman–Crippen MR) is 107 cm³/mol. The van der Waals surface area contributed by atoms with Crippen LogP contribution in [-0.4, -0.2) is 32.2 Å². The van der Waals surface area contributed by atoms with Gasteiger partial charge in [0.25, 0.3) is 5.91 Å². The predicted octanol–water partition coefficient (Wildman–Crippen LogP) is 4.43. The minimum atomic E-state index is -1.03. The van der Waals surface area contributed by atoms with Crippen molar-refractivity contribution in [1.82, 2.24) is 5.32 Å². The number of nitrogens with one attached hydrogen (secondary N) is 1. The van der Waals surface area contributed by atoms with Gasteiger partial charge in [0.2, 0.25) is 0 Å². The number of hydrogen-bond acceptors (Lipinski definition) is 5. The molecule has 0 heterocycles. The maximum absolute atomic E-state index is 12.5. The van der Waals surface area contributed by atoms with E-state index in [2.05, 4.69) is 5.32 Å². The molecule has 0 spiro atoms. The van der Waals surface area contributed by atoms with Crippen molar-refractivity contribution in [2.45, 2.75) is 26.0 Å². The summed E-state index contributed by atoms with van der Waals surface area (Å²) in [5.41, 5.74) is 0.864. The van der Waals surface area contributed by atoms with Gasteiger partial charge in [-0.2, -0.15) is 0 Å². The van der Waals surface area contributed by atoms with E-state index in [0.717, 1.165) is 0 Å². The maximum Gasteiger partial charge on any atom is 0.342 e. The Kier molecular flexibility index (Phi) is 7.54. The molecule has 6 nitrogen and oxygen atoms in total. The van der Waals surface area contributed by atoms with Crippen molar-refractivity contribution in [3.63, 3.8) is 0 Å². The van der Waals surface area contributed by atoms with Crippen molar-refractivity contribution in [3.05, 3.63) is 57.6 Å². The van der Waals surface area contributed by atoms with Gasteiger partial charge < -0.3 is 19.5 Å². The number of amides is 1. The fraction of sp³-hybridized carbons (Fsp3) is 0.300. The number of para-hydroxylation sites is 1. The number of halogens is 2. The number of esters is 1. The van der Waals surface area contributed by atoms with E-state index in [-0.39, 0.29) is 11.3 Å². The molecular weight excluding hydrogens is 405 g/mol. The van der Waals surface area contributed by atoms with Crippen LogP contribution >= 0.6 is 23.2 Å². The van der Waals surface area contributed by atoms with E-state index in [9.17, 15) is 9.59 Å². The highest BCUT2D eigenvalue weighted by Gasteiger charge is 2.24. The Morgan fingerprint density at radius 2 is 1.75 bits per heavy atom. The first-order valence-electron chi connectivity index (χ1n) is 8.45. The minimum absolute atomic E-state index is 0.162. The van der Waals surface area contributed by atoms with Crippen LogP contribution in [0.15, 0.2) is 36.4 Å². The van der Waals surface area contributed by atoms with E-state index in [1.807, 2.05) is 0 Å². The molecule has 0 aliphatic heterocycles. The second kappa shape index (κ2) is 9.66. The lowest BCUT2D eigenvalue weighted by atomic mass is 10.1. The zero-order valence-corrected chi connectivity index (χ0v) is 17.4. The third-order valence-electron chi connectivity index (χ3n) is 4.06. The summed E-state index contributed by atoms with van der Waals surface area (Å²) in [6.45, 7) is 3.25. The van der Waals surface area contributed by atoms with E-state index >= 15 is 0 Å². The summed E-state index contributed by atoms with van der Waals surface area (Å²) in [6, 6.07) is 9.43. The van der Waals surface area contributed by atoms with Crippen LogP contribution in [0.1, 0.15) is 35.8 Å². The van der Waals surface area contributed by atoms with Crippen molar-refractivity contribution >= 4 is 35.1 Å². The molecule has 150 valence electrons. The van der Waals surface area contributed by atoms with Crippen LogP contribution in [0.4, 0.5) is 0 Å². The van der Waals surface area contributed by atoms with E-state index in [1.54, 1.807) is 37.3 Å². The van der Waals surface area contributed by atoms with Gasteiger partial charge in [-0.15, -0.1) is 0 Å². The molecule has 2 aromatic rings. The van der Waals surface area contributed by atoms with Gasteiger partial charge in [0.15, 0.2) is 17.6 Å². The number of hydrogen-bond donors (Lipinski definition) is 1. The summed E-state index contributed by atoms with van der Waals surface area (Å²) < 4.78 is 15.7. The van der Waals surface area contributed by atoms with Gasteiger partial charge in [0.1, 0.15) is 5.56 Å². The lowest BCUT2D eigenvalue weighted by molar-refractivity contribution is -0.129. The smallest absolute Gasteiger partial charge is 0.342 e. The van der Waals surface area contributed by atoms with Crippen LogP contribution in [-0.2, 0) is 9.53 Å². The second-order valence-corrected chi connectivity index (χ2v) is 6.83. The van der Waals surface area contributed by atoms with Gasteiger partial charge in [0, 0.05) is 10.0 Å². The molecule has 0 aromatic heterocycles. The maximum atomic E-state index is 12.5. The monoisotopic (exact) mass is 425 g/mol. The summed E-state index contributed by atoms with van der Waals surface area (Å²) in [5.74, 6) is -0.534. The average Bonchev–Trinajstić information content (AvgIpc) is 2.66. The van der Waals surface area contributed by atoms with Gasteiger partial charge in [0.05, 0.1) is 20.3 Å². The fourth-order valence-electron chi connectivity index (χ4n) is 2.59. The third kappa shape index (κ3) is 5.09. The molecule has 0 bridgehead atoms. The molecule has 0 aliphatic carbocycles. The number of rotatable bonds is 7. The minimum Gasteiger partial charge on any atom is -0.493 e. The molecule has 0 fully saturated rings. The number of carbonyl (C=O) groups excluding carboxylic acids is 2. The highest BCUT2D eigenvalue weighted by atomic mass is 35.5.